The first-order chi connectivity index (χ1) is 8.30. The van der Waals surface area contributed by atoms with Gasteiger partial charge in [-0.05, 0) is 47.7 Å². The number of fused-ring (bicyclic) bond motifs is 1. The molecule has 1 N–H and O–H groups in total. The van der Waals surface area contributed by atoms with E-state index >= 15 is 0 Å². The number of phenolic OH excluding ortho intramolecular Hbond substituents is 1. The lowest BCUT2D eigenvalue weighted by molar-refractivity contribution is 0.475. The van der Waals surface area contributed by atoms with Crippen molar-refractivity contribution in [2.45, 2.75) is 19.8 Å². The number of phenols is 1. The average molecular weight is 262 g/mol. The van der Waals surface area contributed by atoms with Gasteiger partial charge in [0, 0.05) is 5.30 Å². The molecular weight excluding hydrogens is 243 g/mol. The number of benzene rings is 2. The Balaban J connectivity index is 2.95. The molecule has 0 amide bonds. The third-order valence-electron chi connectivity index (χ3n) is 3.17. The Kier molecular flexibility index (Phi) is 3.25. The third-order valence-corrected chi connectivity index (χ3v) is 4.71. The van der Waals surface area contributed by atoms with Gasteiger partial charge < -0.3 is 9.67 Å². The first kappa shape index (κ1) is 13.2. The van der Waals surface area contributed by atoms with Crippen LogP contribution in [0, 0.1) is 0 Å². The van der Waals surface area contributed by atoms with Crippen LogP contribution in [-0.4, -0.2) is 18.4 Å². The van der Waals surface area contributed by atoms with Crippen LogP contribution in [0.15, 0.2) is 30.3 Å². The molecule has 0 spiro atoms. The van der Waals surface area contributed by atoms with Gasteiger partial charge in [-0.2, -0.15) is 0 Å². The molecule has 0 saturated carbocycles. The van der Waals surface area contributed by atoms with E-state index in [-0.39, 0.29) is 11.7 Å². The molecule has 2 nitrogen and oxygen atoms in total. The molecule has 0 aliphatic heterocycles. The second-order valence-corrected chi connectivity index (χ2v) is 8.60. The molecule has 0 aliphatic rings. The largest absolute Gasteiger partial charge is 0.508 e. The molecule has 96 valence electrons. The molecule has 3 heteroatoms. The summed E-state index contributed by atoms with van der Waals surface area (Å²) in [6, 6.07) is 9.32. The van der Waals surface area contributed by atoms with Crippen molar-refractivity contribution in [2.24, 2.45) is 0 Å². The van der Waals surface area contributed by atoms with Gasteiger partial charge in [0.05, 0.1) is 0 Å². The lowest BCUT2D eigenvalue weighted by Gasteiger charge is -2.17. The molecule has 2 aromatic carbocycles. The summed E-state index contributed by atoms with van der Waals surface area (Å²) in [4.78, 5) is 0. The number of hydrogen-bond donors (Lipinski definition) is 1. The molecule has 0 fully saturated rings. The Bertz CT molecular complexity index is 638. The Labute approximate surface area is 108 Å². The van der Waals surface area contributed by atoms with Crippen molar-refractivity contribution in [1.29, 1.82) is 0 Å². The highest BCUT2D eigenvalue weighted by molar-refractivity contribution is 7.70. The van der Waals surface area contributed by atoms with Gasteiger partial charge in [-0.25, -0.2) is 0 Å². The van der Waals surface area contributed by atoms with Gasteiger partial charge >= 0.3 is 0 Å². The second kappa shape index (κ2) is 4.44. The van der Waals surface area contributed by atoms with E-state index in [2.05, 4.69) is 13.8 Å². The molecule has 0 bridgehead atoms. The molecule has 0 aliphatic carbocycles. The van der Waals surface area contributed by atoms with E-state index in [1.807, 2.05) is 18.2 Å². The highest BCUT2D eigenvalue weighted by Gasteiger charge is 2.18. The summed E-state index contributed by atoms with van der Waals surface area (Å²) in [7, 11) is -2.33. The van der Waals surface area contributed by atoms with E-state index in [1.54, 1.807) is 25.5 Å². The van der Waals surface area contributed by atoms with Crippen LogP contribution in [0.25, 0.3) is 10.8 Å². The summed E-state index contributed by atoms with van der Waals surface area (Å²) in [6.07, 6.45) is 0. The van der Waals surface area contributed by atoms with Gasteiger partial charge in [0.1, 0.15) is 12.9 Å². The summed E-state index contributed by atoms with van der Waals surface area (Å²) >= 11 is 0. The van der Waals surface area contributed by atoms with Gasteiger partial charge in [-0.1, -0.05) is 32.0 Å². The SMILES string of the molecule is CC(C)c1cc(O)cc2cccc(P(C)(C)=O)c12. The van der Waals surface area contributed by atoms with E-state index in [4.69, 9.17) is 0 Å². The average Bonchev–Trinajstić information content (AvgIpc) is 2.25. The predicted octanol–water partition coefficient (Wildman–Crippen LogP) is 3.92. The Morgan fingerprint density at radius 1 is 1.17 bits per heavy atom. The molecule has 0 aromatic heterocycles. The Hall–Kier alpha value is -1.27. The molecule has 18 heavy (non-hydrogen) atoms. The highest BCUT2D eigenvalue weighted by atomic mass is 31.2. The first-order valence-corrected chi connectivity index (χ1v) is 8.72. The van der Waals surface area contributed by atoms with Crippen LogP contribution < -0.4 is 5.30 Å². The van der Waals surface area contributed by atoms with E-state index in [0.717, 1.165) is 21.6 Å². The smallest absolute Gasteiger partial charge is 0.116 e. The quantitative estimate of drug-likeness (QED) is 0.833. The van der Waals surface area contributed by atoms with Crippen molar-refractivity contribution in [2.75, 3.05) is 13.3 Å². The predicted molar refractivity (Wildman–Crippen MR) is 78.8 cm³/mol. The number of hydrogen-bond acceptors (Lipinski definition) is 2. The molecule has 2 aromatic rings. The monoisotopic (exact) mass is 262 g/mol. The zero-order valence-corrected chi connectivity index (χ0v) is 12.2. The van der Waals surface area contributed by atoms with Crippen molar-refractivity contribution in [1.82, 2.24) is 0 Å². The molecular formula is C15H19O2P. The fraction of sp³-hybridized carbons (Fsp3) is 0.333. The van der Waals surface area contributed by atoms with Crippen LogP contribution in [0.5, 0.6) is 5.75 Å². The van der Waals surface area contributed by atoms with Crippen molar-refractivity contribution in [3.05, 3.63) is 35.9 Å². The summed E-state index contributed by atoms with van der Waals surface area (Å²) in [5, 5.41) is 12.7. The minimum atomic E-state index is -2.33. The maximum Gasteiger partial charge on any atom is 0.116 e. The maximum atomic E-state index is 12.4. The molecule has 0 atom stereocenters. The van der Waals surface area contributed by atoms with E-state index < -0.39 is 7.14 Å². The van der Waals surface area contributed by atoms with Crippen LogP contribution >= 0.6 is 7.14 Å². The normalized spacial score (nSPS) is 12.3. The molecule has 0 saturated heterocycles. The summed E-state index contributed by atoms with van der Waals surface area (Å²) in [5.41, 5.74) is 1.06. The first-order valence-electron chi connectivity index (χ1n) is 6.12. The molecule has 2 rings (SSSR count). The Morgan fingerprint density at radius 2 is 1.83 bits per heavy atom. The van der Waals surface area contributed by atoms with E-state index in [9.17, 15) is 9.67 Å². The van der Waals surface area contributed by atoms with Gasteiger partial charge in [0.25, 0.3) is 0 Å². The zero-order valence-electron chi connectivity index (χ0n) is 11.3. The summed E-state index contributed by atoms with van der Waals surface area (Å²) < 4.78 is 12.4. The molecule has 0 heterocycles. The van der Waals surface area contributed by atoms with Gasteiger partial charge in [-0.15, -0.1) is 0 Å². The third kappa shape index (κ3) is 2.30. The lowest BCUT2D eigenvalue weighted by atomic mass is 9.95. The van der Waals surface area contributed by atoms with Gasteiger partial charge in [0.2, 0.25) is 0 Å². The van der Waals surface area contributed by atoms with Crippen LogP contribution in [0.4, 0.5) is 0 Å². The maximum absolute atomic E-state index is 12.4. The minimum Gasteiger partial charge on any atom is -0.508 e. The van der Waals surface area contributed by atoms with Crippen LogP contribution in [-0.2, 0) is 4.57 Å². The van der Waals surface area contributed by atoms with Gasteiger partial charge in [0.15, 0.2) is 0 Å². The van der Waals surface area contributed by atoms with Crippen LogP contribution in [0.1, 0.15) is 25.3 Å². The number of rotatable bonds is 2. The standard InChI is InChI=1S/C15H19O2P/c1-10(2)13-9-12(16)8-11-6-5-7-14(15(11)13)18(3,4)17/h5-10,16H,1-4H3. The lowest BCUT2D eigenvalue weighted by Crippen LogP contribution is -2.07. The van der Waals surface area contributed by atoms with Crippen molar-refractivity contribution in [3.8, 4) is 5.75 Å². The minimum absolute atomic E-state index is 0.269. The Morgan fingerprint density at radius 3 is 2.39 bits per heavy atom. The topological polar surface area (TPSA) is 37.3 Å². The summed E-state index contributed by atoms with van der Waals surface area (Å²) in [5.74, 6) is 0.553. The second-order valence-electron chi connectivity index (χ2n) is 5.42. The molecule has 0 unspecified atom stereocenters. The van der Waals surface area contributed by atoms with Crippen LogP contribution in [0.2, 0.25) is 0 Å². The summed E-state index contributed by atoms with van der Waals surface area (Å²) in [6.45, 7) is 7.75. The van der Waals surface area contributed by atoms with Crippen LogP contribution in [0.3, 0.4) is 0 Å². The van der Waals surface area contributed by atoms with Crippen molar-refractivity contribution >= 4 is 23.2 Å². The fourth-order valence-electron chi connectivity index (χ4n) is 2.33. The van der Waals surface area contributed by atoms with Crippen molar-refractivity contribution < 1.29 is 9.67 Å². The van der Waals surface area contributed by atoms with E-state index in [1.165, 1.54) is 0 Å². The highest BCUT2D eigenvalue weighted by Crippen LogP contribution is 2.40. The number of aromatic hydroxyl groups is 1. The zero-order chi connectivity index (χ0) is 13.5. The van der Waals surface area contributed by atoms with Gasteiger partial charge in [-0.3, -0.25) is 0 Å². The molecule has 0 radical (unpaired) electrons. The fourth-order valence-corrected chi connectivity index (χ4v) is 3.57. The van der Waals surface area contributed by atoms with Crippen molar-refractivity contribution in [3.63, 3.8) is 0 Å². The van der Waals surface area contributed by atoms with E-state index in [0.29, 0.717) is 0 Å².